The molecule has 1 saturated heterocycles. The highest BCUT2D eigenvalue weighted by atomic mass is 16.5. The fraction of sp³-hybridized carbons (Fsp3) is 0.524. The second-order valence-corrected chi connectivity index (χ2v) is 7.52. The minimum absolute atomic E-state index is 0.306. The van der Waals surface area contributed by atoms with Gasteiger partial charge in [0.1, 0.15) is 11.8 Å². The van der Waals surface area contributed by atoms with Crippen molar-refractivity contribution in [3.05, 3.63) is 24.3 Å². The standard InChI is InChI=1S/C21H26N2O6/c1-12(23-19(25)16-6-4-5-7-17(16)20(23)26)21(27)29-13(2)18(24)22-14-8-10-15(28-3)11-9-14/h8-13,16-17H,4-7H2,1-3H3,(H,22,24)/t12-,13-,16-,17+/m0/s1. The van der Waals surface area contributed by atoms with Crippen LogP contribution in [0, 0.1) is 11.8 Å². The Kier molecular flexibility index (Phi) is 6.20. The maximum absolute atomic E-state index is 12.6. The second-order valence-electron chi connectivity index (χ2n) is 7.52. The third-order valence-corrected chi connectivity index (χ3v) is 5.62. The van der Waals surface area contributed by atoms with Gasteiger partial charge in [-0.15, -0.1) is 0 Å². The first-order valence-corrected chi connectivity index (χ1v) is 9.85. The molecule has 29 heavy (non-hydrogen) atoms. The van der Waals surface area contributed by atoms with Gasteiger partial charge in [0.2, 0.25) is 11.8 Å². The van der Waals surface area contributed by atoms with E-state index in [9.17, 15) is 19.2 Å². The lowest BCUT2D eigenvalue weighted by Gasteiger charge is -2.23. The summed E-state index contributed by atoms with van der Waals surface area (Å²) >= 11 is 0. The number of rotatable bonds is 6. The van der Waals surface area contributed by atoms with Crippen LogP contribution in [-0.2, 0) is 23.9 Å². The molecule has 1 aliphatic heterocycles. The van der Waals surface area contributed by atoms with Crippen LogP contribution in [0.2, 0.25) is 0 Å². The van der Waals surface area contributed by atoms with Gasteiger partial charge in [-0.25, -0.2) is 4.79 Å². The molecule has 8 heteroatoms. The summed E-state index contributed by atoms with van der Waals surface area (Å²) in [5.41, 5.74) is 0.528. The van der Waals surface area contributed by atoms with Crippen molar-refractivity contribution in [3.8, 4) is 5.75 Å². The van der Waals surface area contributed by atoms with Crippen LogP contribution in [0.1, 0.15) is 39.5 Å². The van der Waals surface area contributed by atoms with Crippen molar-refractivity contribution in [1.82, 2.24) is 4.90 Å². The number of methoxy groups -OCH3 is 1. The number of hydrogen-bond donors (Lipinski definition) is 1. The average Bonchev–Trinajstić information content (AvgIpc) is 2.98. The number of likely N-dealkylation sites (tertiary alicyclic amines) is 1. The Morgan fingerprint density at radius 3 is 2.10 bits per heavy atom. The van der Waals surface area contributed by atoms with Crippen molar-refractivity contribution >= 4 is 29.4 Å². The van der Waals surface area contributed by atoms with Crippen LogP contribution in [0.3, 0.4) is 0 Å². The Labute approximate surface area is 169 Å². The highest BCUT2D eigenvalue weighted by Crippen LogP contribution is 2.38. The summed E-state index contributed by atoms with van der Waals surface area (Å²) in [4.78, 5) is 51.1. The molecule has 1 N–H and O–H groups in total. The van der Waals surface area contributed by atoms with Gasteiger partial charge in [0, 0.05) is 5.69 Å². The fourth-order valence-electron chi connectivity index (χ4n) is 3.92. The quantitative estimate of drug-likeness (QED) is 0.578. The van der Waals surface area contributed by atoms with Crippen LogP contribution >= 0.6 is 0 Å². The molecule has 4 atom stereocenters. The van der Waals surface area contributed by atoms with Crippen molar-refractivity contribution in [2.45, 2.75) is 51.7 Å². The molecule has 1 aliphatic carbocycles. The van der Waals surface area contributed by atoms with Crippen LogP contribution in [0.5, 0.6) is 5.75 Å². The summed E-state index contributed by atoms with van der Waals surface area (Å²) in [5.74, 6) is -1.91. The summed E-state index contributed by atoms with van der Waals surface area (Å²) < 4.78 is 10.3. The summed E-state index contributed by atoms with van der Waals surface area (Å²) in [6, 6.07) is 5.66. The van der Waals surface area contributed by atoms with E-state index in [4.69, 9.17) is 9.47 Å². The number of carbonyl (C=O) groups is 4. The molecular formula is C21H26N2O6. The van der Waals surface area contributed by atoms with E-state index in [1.165, 1.54) is 13.8 Å². The lowest BCUT2D eigenvalue weighted by Crippen LogP contribution is -2.46. The predicted molar refractivity (Wildman–Crippen MR) is 104 cm³/mol. The number of fused-ring (bicyclic) bond motifs is 1. The highest BCUT2D eigenvalue weighted by molar-refractivity contribution is 6.08. The fourth-order valence-corrected chi connectivity index (χ4v) is 3.92. The van der Waals surface area contributed by atoms with E-state index in [2.05, 4.69) is 5.32 Å². The van der Waals surface area contributed by atoms with Gasteiger partial charge in [-0.05, 0) is 51.0 Å². The van der Waals surface area contributed by atoms with E-state index >= 15 is 0 Å². The van der Waals surface area contributed by atoms with E-state index in [0.29, 0.717) is 24.3 Å². The first-order chi connectivity index (χ1) is 13.8. The van der Waals surface area contributed by atoms with Gasteiger partial charge >= 0.3 is 5.97 Å². The summed E-state index contributed by atoms with van der Waals surface area (Å²) in [6.07, 6.45) is 2.09. The number of ether oxygens (including phenoxy) is 2. The van der Waals surface area contributed by atoms with Crippen molar-refractivity contribution in [2.75, 3.05) is 12.4 Å². The lowest BCUT2D eigenvalue weighted by molar-refractivity contribution is -0.163. The van der Waals surface area contributed by atoms with Crippen LogP contribution in [0.15, 0.2) is 24.3 Å². The molecule has 0 bridgehead atoms. The molecule has 0 unspecified atom stereocenters. The van der Waals surface area contributed by atoms with Gasteiger partial charge in [0.25, 0.3) is 5.91 Å². The van der Waals surface area contributed by atoms with Crippen LogP contribution < -0.4 is 10.1 Å². The molecule has 1 aromatic rings. The third-order valence-electron chi connectivity index (χ3n) is 5.62. The van der Waals surface area contributed by atoms with E-state index in [-0.39, 0.29) is 23.7 Å². The molecule has 1 aromatic carbocycles. The molecule has 0 aromatic heterocycles. The minimum Gasteiger partial charge on any atom is -0.497 e. The molecule has 3 amide bonds. The zero-order valence-corrected chi connectivity index (χ0v) is 16.8. The Bertz CT molecular complexity index is 782. The molecule has 2 fully saturated rings. The summed E-state index contributed by atoms with van der Waals surface area (Å²) in [5, 5.41) is 2.65. The number of carbonyl (C=O) groups excluding carboxylic acids is 4. The molecule has 0 radical (unpaired) electrons. The number of nitrogens with zero attached hydrogens (tertiary/aromatic N) is 1. The molecule has 1 heterocycles. The number of anilines is 1. The molecular weight excluding hydrogens is 376 g/mol. The third kappa shape index (κ3) is 4.26. The van der Waals surface area contributed by atoms with Gasteiger partial charge in [0.15, 0.2) is 6.10 Å². The number of nitrogens with one attached hydrogen (secondary N) is 1. The molecule has 8 nitrogen and oxygen atoms in total. The van der Waals surface area contributed by atoms with Crippen molar-refractivity contribution in [1.29, 1.82) is 0 Å². The predicted octanol–water partition coefficient (Wildman–Crippen LogP) is 2.13. The Balaban J connectivity index is 1.58. The van der Waals surface area contributed by atoms with Gasteiger partial charge in [-0.2, -0.15) is 0 Å². The molecule has 1 saturated carbocycles. The SMILES string of the molecule is COc1ccc(NC(=O)[C@H](C)OC(=O)[C@H](C)N2C(=O)[C@H]3CCCC[C@H]3C2=O)cc1. The monoisotopic (exact) mass is 402 g/mol. The summed E-state index contributed by atoms with van der Waals surface area (Å²) in [6.45, 7) is 2.90. The largest absolute Gasteiger partial charge is 0.497 e. The van der Waals surface area contributed by atoms with E-state index in [1.54, 1.807) is 31.4 Å². The zero-order valence-electron chi connectivity index (χ0n) is 16.8. The van der Waals surface area contributed by atoms with Crippen molar-refractivity contribution in [2.24, 2.45) is 11.8 Å². The van der Waals surface area contributed by atoms with Crippen molar-refractivity contribution in [3.63, 3.8) is 0 Å². The lowest BCUT2D eigenvalue weighted by atomic mass is 9.81. The number of benzene rings is 1. The molecule has 2 aliphatic rings. The van der Waals surface area contributed by atoms with Gasteiger partial charge < -0.3 is 14.8 Å². The molecule has 156 valence electrons. The van der Waals surface area contributed by atoms with Gasteiger partial charge in [-0.3, -0.25) is 19.3 Å². The van der Waals surface area contributed by atoms with Crippen LogP contribution in [0.25, 0.3) is 0 Å². The van der Waals surface area contributed by atoms with E-state index in [0.717, 1.165) is 17.7 Å². The van der Waals surface area contributed by atoms with E-state index in [1.807, 2.05) is 0 Å². The zero-order chi connectivity index (χ0) is 21.1. The first-order valence-electron chi connectivity index (χ1n) is 9.85. The number of esters is 1. The first kappa shape index (κ1) is 20.8. The summed E-state index contributed by atoms with van der Waals surface area (Å²) in [7, 11) is 1.54. The van der Waals surface area contributed by atoms with Gasteiger partial charge in [0.05, 0.1) is 18.9 Å². The maximum atomic E-state index is 12.6. The second kappa shape index (κ2) is 8.63. The number of hydrogen-bond acceptors (Lipinski definition) is 6. The Hall–Kier alpha value is -2.90. The normalized spacial score (nSPS) is 23.2. The smallest absolute Gasteiger partial charge is 0.329 e. The maximum Gasteiger partial charge on any atom is 0.329 e. The van der Waals surface area contributed by atoms with Gasteiger partial charge in [-0.1, -0.05) is 12.8 Å². The Morgan fingerprint density at radius 2 is 1.59 bits per heavy atom. The number of imide groups is 1. The van der Waals surface area contributed by atoms with Crippen LogP contribution in [0.4, 0.5) is 5.69 Å². The average molecular weight is 402 g/mol. The molecule has 3 rings (SSSR count). The topological polar surface area (TPSA) is 102 Å². The van der Waals surface area contributed by atoms with Crippen molar-refractivity contribution < 1.29 is 28.7 Å². The molecule has 0 spiro atoms. The van der Waals surface area contributed by atoms with Crippen LogP contribution in [-0.4, -0.2) is 47.8 Å². The number of amides is 3. The highest BCUT2D eigenvalue weighted by Gasteiger charge is 2.51. The van der Waals surface area contributed by atoms with E-state index < -0.39 is 24.0 Å². The minimum atomic E-state index is -1.08. The Morgan fingerprint density at radius 1 is 1.03 bits per heavy atom.